The Kier molecular flexibility index (Phi) is 2.89. The van der Waals surface area contributed by atoms with E-state index in [0.717, 1.165) is 18.7 Å². The summed E-state index contributed by atoms with van der Waals surface area (Å²) < 4.78 is 0. The molecule has 0 fully saturated rings. The van der Waals surface area contributed by atoms with Gasteiger partial charge < -0.3 is 10.0 Å². The summed E-state index contributed by atoms with van der Waals surface area (Å²) in [5, 5.41) is 9.73. The Bertz CT molecular complexity index is 588. The van der Waals surface area contributed by atoms with E-state index in [1.54, 1.807) is 0 Å². The Morgan fingerprint density at radius 1 is 1.28 bits per heavy atom. The molecule has 0 amide bonds. The zero-order valence-corrected chi connectivity index (χ0v) is 10.4. The van der Waals surface area contributed by atoms with Crippen molar-refractivity contribution in [2.24, 2.45) is 0 Å². The second-order valence-corrected chi connectivity index (χ2v) is 4.51. The number of halogens is 1. The Labute approximate surface area is 110 Å². The summed E-state index contributed by atoms with van der Waals surface area (Å²) in [6, 6.07) is 8.19. The van der Waals surface area contributed by atoms with Crippen molar-refractivity contribution in [3.63, 3.8) is 0 Å². The van der Waals surface area contributed by atoms with Crippen molar-refractivity contribution in [2.45, 2.75) is 13.0 Å². The predicted octanol–water partition coefficient (Wildman–Crippen LogP) is 2.32. The second kappa shape index (κ2) is 4.55. The normalized spacial score (nSPS) is 13.8. The number of fused-ring (bicyclic) bond motifs is 1. The molecule has 2 heterocycles. The Hall–Kier alpha value is -1.65. The van der Waals surface area contributed by atoms with E-state index in [-0.39, 0.29) is 6.61 Å². The third kappa shape index (κ3) is 1.74. The van der Waals surface area contributed by atoms with Gasteiger partial charge in [0.1, 0.15) is 17.3 Å². The number of hydrogen-bond acceptors (Lipinski definition) is 4. The fraction of sp³-hybridized carbons (Fsp3) is 0.231. The van der Waals surface area contributed by atoms with E-state index in [9.17, 15) is 5.11 Å². The first-order valence-electron chi connectivity index (χ1n) is 5.77. The van der Waals surface area contributed by atoms with E-state index in [4.69, 9.17) is 11.6 Å². The predicted molar refractivity (Wildman–Crippen MR) is 70.1 cm³/mol. The van der Waals surface area contributed by atoms with Crippen molar-refractivity contribution in [1.82, 2.24) is 9.97 Å². The van der Waals surface area contributed by atoms with Crippen LogP contribution in [0.25, 0.3) is 0 Å². The Morgan fingerprint density at radius 3 is 2.94 bits per heavy atom. The summed E-state index contributed by atoms with van der Waals surface area (Å²) in [5.74, 6) is 0.697. The fourth-order valence-electron chi connectivity index (χ4n) is 2.31. The van der Waals surface area contributed by atoms with Gasteiger partial charge in [-0.05, 0) is 18.1 Å². The van der Waals surface area contributed by atoms with Crippen molar-refractivity contribution in [2.75, 3.05) is 11.4 Å². The number of para-hydroxylation sites is 1. The van der Waals surface area contributed by atoms with Crippen LogP contribution in [0, 0.1) is 0 Å². The van der Waals surface area contributed by atoms with Gasteiger partial charge in [0.2, 0.25) is 0 Å². The molecule has 1 aromatic heterocycles. The number of aliphatic hydroxyl groups excluding tert-OH is 1. The molecule has 2 aromatic rings. The first kappa shape index (κ1) is 11.4. The van der Waals surface area contributed by atoms with Gasteiger partial charge in [0.25, 0.3) is 0 Å². The number of aliphatic hydroxyl groups is 1. The zero-order valence-electron chi connectivity index (χ0n) is 9.67. The SMILES string of the molecule is OCc1c(Cl)ncnc1N1CCc2ccccc21. The monoisotopic (exact) mass is 261 g/mol. The molecule has 0 saturated carbocycles. The van der Waals surface area contributed by atoms with Gasteiger partial charge in [-0.3, -0.25) is 0 Å². The molecule has 5 heteroatoms. The lowest BCUT2D eigenvalue weighted by Crippen LogP contribution is -2.17. The van der Waals surface area contributed by atoms with E-state index in [2.05, 4.69) is 27.0 Å². The quantitative estimate of drug-likeness (QED) is 0.843. The average Bonchev–Trinajstić information content (AvgIpc) is 2.82. The van der Waals surface area contributed by atoms with Crippen molar-refractivity contribution in [3.8, 4) is 0 Å². The minimum Gasteiger partial charge on any atom is -0.391 e. The summed E-state index contributed by atoms with van der Waals surface area (Å²) in [4.78, 5) is 10.2. The van der Waals surface area contributed by atoms with E-state index in [1.165, 1.54) is 11.9 Å². The number of nitrogens with zero attached hydrogens (tertiary/aromatic N) is 3. The molecule has 1 aromatic carbocycles. The summed E-state index contributed by atoms with van der Waals surface area (Å²) in [7, 11) is 0. The summed E-state index contributed by atoms with van der Waals surface area (Å²) in [6.45, 7) is 0.688. The largest absolute Gasteiger partial charge is 0.391 e. The van der Waals surface area contributed by atoms with Gasteiger partial charge in [0.15, 0.2) is 0 Å². The summed E-state index contributed by atoms with van der Waals surface area (Å²) in [5.41, 5.74) is 2.99. The third-order valence-electron chi connectivity index (χ3n) is 3.17. The Balaban J connectivity index is 2.10. The van der Waals surface area contributed by atoms with Crippen LogP contribution in [-0.2, 0) is 13.0 Å². The van der Waals surface area contributed by atoms with Gasteiger partial charge in [-0.15, -0.1) is 0 Å². The molecule has 1 aliphatic rings. The molecule has 0 radical (unpaired) electrons. The molecule has 0 spiro atoms. The van der Waals surface area contributed by atoms with Crippen LogP contribution >= 0.6 is 11.6 Å². The molecular weight excluding hydrogens is 250 g/mol. The van der Waals surface area contributed by atoms with Crippen LogP contribution in [0.3, 0.4) is 0 Å². The molecule has 0 aliphatic carbocycles. The van der Waals surface area contributed by atoms with Gasteiger partial charge in [0.05, 0.1) is 12.2 Å². The van der Waals surface area contributed by atoms with Crippen molar-refractivity contribution in [3.05, 3.63) is 46.9 Å². The number of hydrogen-bond donors (Lipinski definition) is 1. The molecule has 3 rings (SSSR count). The van der Waals surface area contributed by atoms with Crippen LogP contribution < -0.4 is 4.90 Å². The van der Waals surface area contributed by atoms with Crippen LogP contribution in [0.1, 0.15) is 11.1 Å². The number of aromatic nitrogens is 2. The zero-order chi connectivity index (χ0) is 12.5. The molecular formula is C13H12ClN3O. The highest BCUT2D eigenvalue weighted by Gasteiger charge is 2.24. The lowest BCUT2D eigenvalue weighted by atomic mass is 10.2. The molecule has 92 valence electrons. The first-order valence-corrected chi connectivity index (χ1v) is 6.14. The van der Waals surface area contributed by atoms with Crippen LogP contribution in [0.2, 0.25) is 5.15 Å². The lowest BCUT2D eigenvalue weighted by molar-refractivity contribution is 0.281. The van der Waals surface area contributed by atoms with E-state index in [0.29, 0.717) is 16.5 Å². The highest BCUT2D eigenvalue weighted by Crippen LogP contribution is 2.35. The minimum absolute atomic E-state index is 0.159. The van der Waals surface area contributed by atoms with Gasteiger partial charge in [-0.2, -0.15) is 0 Å². The van der Waals surface area contributed by atoms with Crippen LogP contribution in [0.15, 0.2) is 30.6 Å². The smallest absolute Gasteiger partial charge is 0.143 e. The van der Waals surface area contributed by atoms with E-state index >= 15 is 0 Å². The number of benzene rings is 1. The topological polar surface area (TPSA) is 49.3 Å². The lowest BCUT2D eigenvalue weighted by Gasteiger charge is -2.20. The maximum Gasteiger partial charge on any atom is 0.143 e. The van der Waals surface area contributed by atoms with Gasteiger partial charge in [-0.1, -0.05) is 29.8 Å². The first-order chi connectivity index (χ1) is 8.81. The number of rotatable bonds is 2. The van der Waals surface area contributed by atoms with Crippen molar-refractivity contribution >= 4 is 23.1 Å². The highest BCUT2D eigenvalue weighted by molar-refractivity contribution is 6.30. The van der Waals surface area contributed by atoms with Crippen LogP contribution in [-0.4, -0.2) is 21.6 Å². The molecule has 0 unspecified atom stereocenters. The van der Waals surface area contributed by atoms with Crippen molar-refractivity contribution < 1.29 is 5.11 Å². The van der Waals surface area contributed by atoms with Crippen molar-refractivity contribution in [1.29, 1.82) is 0 Å². The highest BCUT2D eigenvalue weighted by atomic mass is 35.5. The Morgan fingerprint density at radius 2 is 2.11 bits per heavy atom. The van der Waals surface area contributed by atoms with E-state index < -0.39 is 0 Å². The third-order valence-corrected chi connectivity index (χ3v) is 3.50. The number of anilines is 2. The van der Waals surface area contributed by atoms with E-state index in [1.807, 2.05) is 12.1 Å². The standard InChI is InChI=1S/C13H12ClN3O/c14-12-10(7-18)13(16-8-15-12)17-6-5-9-3-1-2-4-11(9)17/h1-4,8,18H,5-7H2. The second-order valence-electron chi connectivity index (χ2n) is 4.16. The van der Waals surface area contributed by atoms with Gasteiger partial charge in [0, 0.05) is 12.2 Å². The minimum atomic E-state index is -0.159. The fourth-order valence-corrected chi connectivity index (χ4v) is 2.50. The van der Waals surface area contributed by atoms with Gasteiger partial charge in [-0.25, -0.2) is 9.97 Å². The van der Waals surface area contributed by atoms with Crippen LogP contribution in [0.5, 0.6) is 0 Å². The maximum atomic E-state index is 9.42. The molecule has 0 saturated heterocycles. The summed E-state index contributed by atoms with van der Waals surface area (Å²) >= 11 is 6.00. The molecule has 0 bridgehead atoms. The van der Waals surface area contributed by atoms with Crippen LogP contribution in [0.4, 0.5) is 11.5 Å². The molecule has 18 heavy (non-hydrogen) atoms. The molecule has 4 nitrogen and oxygen atoms in total. The summed E-state index contributed by atoms with van der Waals surface area (Å²) in [6.07, 6.45) is 2.40. The average molecular weight is 262 g/mol. The maximum absolute atomic E-state index is 9.42. The molecule has 1 N–H and O–H groups in total. The molecule has 0 atom stereocenters. The van der Waals surface area contributed by atoms with Gasteiger partial charge >= 0.3 is 0 Å². The molecule has 1 aliphatic heterocycles.